The lowest BCUT2D eigenvalue weighted by atomic mass is 10.1. The average molecular weight is 378 g/mol. The first-order chi connectivity index (χ1) is 13.1. The second-order valence-corrected chi connectivity index (χ2v) is 7.85. The zero-order valence-corrected chi connectivity index (χ0v) is 16.4. The van der Waals surface area contributed by atoms with Crippen LogP contribution in [0.15, 0.2) is 53.9 Å². The summed E-state index contributed by atoms with van der Waals surface area (Å²) in [7, 11) is 0. The molecule has 0 bridgehead atoms. The van der Waals surface area contributed by atoms with Gasteiger partial charge in [0.2, 0.25) is 5.91 Å². The van der Waals surface area contributed by atoms with Crippen molar-refractivity contribution < 1.29 is 4.79 Å². The van der Waals surface area contributed by atoms with Crippen LogP contribution in [0.1, 0.15) is 40.7 Å². The van der Waals surface area contributed by atoms with Crippen LogP contribution >= 0.6 is 11.3 Å². The predicted molar refractivity (Wildman–Crippen MR) is 110 cm³/mol. The Morgan fingerprint density at radius 3 is 2.74 bits per heavy atom. The van der Waals surface area contributed by atoms with E-state index in [0.717, 1.165) is 42.0 Å². The highest BCUT2D eigenvalue weighted by atomic mass is 32.1. The molecule has 0 spiro atoms. The molecule has 4 nitrogen and oxygen atoms in total. The maximum atomic E-state index is 12.8. The van der Waals surface area contributed by atoms with Crippen molar-refractivity contribution in [1.29, 1.82) is 0 Å². The van der Waals surface area contributed by atoms with E-state index in [1.807, 2.05) is 59.8 Å². The van der Waals surface area contributed by atoms with Gasteiger partial charge in [-0.3, -0.25) is 4.79 Å². The van der Waals surface area contributed by atoms with Crippen LogP contribution in [0.25, 0.3) is 11.8 Å². The number of amides is 1. The fourth-order valence-corrected chi connectivity index (χ4v) is 4.65. The SMILES string of the molecule is Cc1nn(-c2ccccc2)c(C)c1/C=C/C(=O)N1CCCC1c1cccs1. The molecule has 1 aliphatic heterocycles. The van der Waals surface area contributed by atoms with E-state index in [2.05, 4.69) is 22.6 Å². The molecule has 3 aromatic rings. The molecule has 0 N–H and O–H groups in total. The summed E-state index contributed by atoms with van der Waals surface area (Å²) in [5.74, 6) is 0.0807. The van der Waals surface area contributed by atoms with Gasteiger partial charge in [-0.25, -0.2) is 4.68 Å². The summed E-state index contributed by atoms with van der Waals surface area (Å²) in [6, 6.07) is 14.5. The number of carbonyl (C=O) groups is 1. The van der Waals surface area contributed by atoms with E-state index >= 15 is 0 Å². The van der Waals surface area contributed by atoms with E-state index in [0.29, 0.717) is 0 Å². The Kier molecular flexibility index (Phi) is 4.94. The minimum Gasteiger partial charge on any atom is -0.331 e. The van der Waals surface area contributed by atoms with E-state index < -0.39 is 0 Å². The molecule has 1 aliphatic rings. The topological polar surface area (TPSA) is 38.1 Å². The predicted octanol–water partition coefficient (Wildman–Crippen LogP) is 4.93. The Bertz CT molecular complexity index is 957. The van der Waals surface area contributed by atoms with Crippen molar-refractivity contribution in [1.82, 2.24) is 14.7 Å². The monoisotopic (exact) mass is 377 g/mol. The van der Waals surface area contributed by atoms with Crippen LogP contribution in [0.5, 0.6) is 0 Å². The van der Waals surface area contributed by atoms with Gasteiger partial charge in [0.25, 0.3) is 0 Å². The lowest BCUT2D eigenvalue weighted by Crippen LogP contribution is -2.28. The summed E-state index contributed by atoms with van der Waals surface area (Å²) < 4.78 is 1.93. The third-order valence-corrected chi connectivity index (χ3v) is 6.12. The maximum absolute atomic E-state index is 12.8. The quantitative estimate of drug-likeness (QED) is 0.605. The van der Waals surface area contributed by atoms with E-state index in [1.165, 1.54) is 4.88 Å². The second kappa shape index (κ2) is 7.53. The number of hydrogen-bond donors (Lipinski definition) is 0. The number of thiophene rings is 1. The van der Waals surface area contributed by atoms with Gasteiger partial charge in [0, 0.05) is 28.8 Å². The van der Waals surface area contributed by atoms with E-state index in [4.69, 9.17) is 0 Å². The summed E-state index contributed by atoms with van der Waals surface area (Å²) in [5.41, 5.74) is 4.01. The van der Waals surface area contributed by atoms with Crippen molar-refractivity contribution in [3.63, 3.8) is 0 Å². The van der Waals surface area contributed by atoms with Crippen LogP contribution < -0.4 is 0 Å². The zero-order valence-electron chi connectivity index (χ0n) is 15.6. The van der Waals surface area contributed by atoms with Crippen molar-refractivity contribution in [2.75, 3.05) is 6.54 Å². The van der Waals surface area contributed by atoms with Crippen molar-refractivity contribution in [3.05, 3.63) is 75.7 Å². The summed E-state index contributed by atoms with van der Waals surface area (Å²) in [6.45, 7) is 4.86. The van der Waals surface area contributed by atoms with Gasteiger partial charge in [0.05, 0.1) is 17.4 Å². The first kappa shape index (κ1) is 17.7. The fraction of sp³-hybridized carbons (Fsp3) is 0.273. The maximum Gasteiger partial charge on any atom is 0.247 e. The first-order valence-corrected chi connectivity index (χ1v) is 10.2. The smallest absolute Gasteiger partial charge is 0.247 e. The van der Waals surface area contributed by atoms with Crippen LogP contribution in [0.4, 0.5) is 0 Å². The lowest BCUT2D eigenvalue weighted by Gasteiger charge is -2.22. The van der Waals surface area contributed by atoms with Gasteiger partial charge >= 0.3 is 0 Å². The van der Waals surface area contributed by atoms with E-state index in [9.17, 15) is 4.79 Å². The summed E-state index contributed by atoms with van der Waals surface area (Å²) in [5, 5.41) is 6.73. The third-order valence-electron chi connectivity index (χ3n) is 5.15. The number of aryl methyl sites for hydroxylation is 1. The Morgan fingerprint density at radius 2 is 2.00 bits per heavy atom. The van der Waals surface area contributed by atoms with E-state index in [-0.39, 0.29) is 11.9 Å². The van der Waals surface area contributed by atoms with Crippen LogP contribution in [-0.2, 0) is 4.79 Å². The number of benzene rings is 1. The molecule has 27 heavy (non-hydrogen) atoms. The van der Waals surface area contributed by atoms with Crippen molar-refractivity contribution in [2.24, 2.45) is 0 Å². The standard InChI is InChI=1S/C22H23N3OS/c1-16-19(17(2)25(23-16)18-8-4-3-5-9-18)12-13-22(26)24-14-6-10-20(24)21-11-7-15-27-21/h3-5,7-9,11-13,15,20H,6,10,14H2,1-2H3/b13-12+. The molecule has 4 rings (SSSR count). The Labute approximate surface area is 163 Å². The summed E-state index contributed by atoms with van der Waals surface area (Å²) in [6.07, 6.45) is 5.73. The summed E-state index contributed by atoms with van der Waals surface area (Å²) >= 11 is 1.73. The molecule has 1 saturated heterocycles. The molecular formula is C22H23N3OS. The molecule has 1 fully saturated rings. The third kappa shape index (κ3) is 3.47. The summed E-state index contributed by atoms with van der Waals surface area (Å²) in [4.78, 5) is 16.1. The van der Waals surface area contributed by atoms with Gasteiger partial charge in [-0.2, -0.15) is 5.10 Å². The number of aromatic nitrogens is 2. The lowest BCUT2D eigenvalue weighted by molar-refractivity contribution is -0.126. The molecule has 0 radical (unpaired) electrons. The normalized spacial score (nSPS) is 17.1. The van der Waals surface area contributed by atoms with Crippen molar-refractivity contribution >= 4 is 23.3 Å². The Morgan fingerprint density at radius 1 is 1.19 bits per heavy atom. The number of rotatable bonds is 4. The van der Waals surface area contributed by atoms with Crippen LogP contribution in [0, 0.1) is 13.8 Å². The molecule has 138 valence electrons. The minimum atomic E-state index is 0.0807. The Balaban J connectivity index is 1.56. The van der Waals surface area contributed by atoms with Gasteiger partial charge in [-0.1, -0.05) is 24.3 Å². The number of para-hydroxylation sites is 1. The molecule has 1 atom stereocenters. The van der Waals surface area contributed by atoms with E-state index in [1.54, 1.807) is 17.4 Å². The van der Waals surface area contributed by atoms with Gasteiger partial charge in [-0.15, -0.1) is 11.3 Å². The number of nitrogens with zero attached hydrogens (tertiary/aromatic N) is 3. The Hall–Kier alpha value is -2.66. The average Bonchev–Trinajstić information content (AvgIpc) is 3.41. The molecular weight excluding hydrogens is 354 g/mol. The molecule has 1 amide bonds. The minimum absolute atomic E-state index is 0.0807. The largest absolute Gasteiger partial charge is 0.331 e. The number of carbonyl (C=O) groups excluding carboxylic acids is 1. The second-order valence-electron chi connectivity index (χ2n) is 6.87. The number of likely N-dealkylation sites (tertiary alicyclic amines) is 1. The van der Waals surface area contributed by atoms with Crippen LogP contribution in [-0.4, -0.2) is 27.1 Å². The van der Waals surface area contributed by atoms with Gasteiger partial charge in [0.15, 0.2) is 0 Å². The first-order valence-electron chi connectivity index (χ1n) is 9.29. The van der Waals surface area contributed by atoms with Crippen LogP contribution in [0.3, 0.4) is 0 Å². The molecule has 2 aromatic heterocycles. The van der Waals surface area contributed by atoms with Gasteiger partial charge in [0.1, 0.15) is 0 Å². The van der Waals surface area contributed by atoms with Crippen molar-refractivity contribution in [3.8, 4) is 5.69 Å². The number of hydrogen-bond acceptors (Lipinski definition) is 3. The molecule has 3 heterocycles. The molecule has 0 aliphatic carbocycles. The molecule has 1 aromatic carbocycles. The van der Waals surface area contributed by atoms with Crippen molar-refractivity contribution in [2.45, 2.75) is 32.7 Å². The molecule has 1 unspecified atom stereocenters. The van der Waals surface area contributed by atoms with Gasteiger partial charge in [-0.05, 0) is 56.3 Å². The highest BCUT2D eigenvalue weighted by Crippen LogP contribution is 2.34. The highest BCUT2D eigenvalue weighted by molar-refractivity contribution is 7.10. The molecule has 0 saturated carbocycles. The highest BCUT2D eigenvalue weighted by Gasteiger charge is 2.29. The van der Waals surface area contributed by atoms with Gasteiger partial charge < -0.3 is 4.90 Å². The van der Waals surface area contributed by atoms with Crippen LogP contribution in [0.2, 0.25) is 0 Å². The fourth-order valence-electron chi connectivity index (χ4n) is 3.77. The zero-order chi connectivity index (χ0) is 18.8. The molecule has 5 heteroatoms.